The largest absolute Gasteiger partial charge is 0.473 e. The Morgan fingerprint density at radius 2 is 1.20 bits per heavy atom. The van der Waals surface area contributed by atoms with E-state index in [1.54, 1.807) is 0 Å². The average molecular weight is 635 g/mol. The predicted molar refractivity (Wildman–Crippen MR) is 201 cm³/mol. The molecular weight excluding hydrogens is 597 g/mol. The first-order chi connectivity index (χ1) is 24.0. The lowest BCUT2D eigenvalue weighted by molar-refractivity contribution is 0.0698. The molecule has 0 atom stereocenters. The molecule has 2 aliphatic carbocycles. The molecule has 2 nitrogen and oxygen atoms in total. The summed E-state index contributed by atoms with van der Waals surface area (Å²) in [4.78, 5) is 0. The van der Waals surface area contributed by atoms with Crippen LogP contribution in [-0.4, -0.2) is 7.11 Å². The molecule has 238 valence electrons. The number of fused-ring (bicyclic) bond motifs is 9. The summed E-state index contributed by atoms with van der Waals surface area (Å²) in [5.74, 6) is 0.925. The Balaban J connectivity index is 1.24. The molecule has 3 aliphatic rings. The fourth-order valence-electron chi connectivity index (χ4n) is 8.60. The molecule has 2 heteroatoms. The zero-order valence-electron chi connectivity index (χ0n) is 28.4. The first kappa shape index (κ1) is 29.7. The molecule has 0 saturated heterocycles. The Bertz CT molecular complexity index is 2280. The Labute approximate surface area is 289 Å². The molecule has 0 bridgehead atoms. The quantitative estimate of drug-likeness (QED) is 0.188. The summed E-state index contributed by atoms with van der Waals surface area (Å²) in [7, 11) is 1.83. The van der Waals surface area contributed by atoms with E-state index in [-0.39, 0.29) is 0 Å². The Morgan fingerprint density at radius 1 is 0.653 bits per heavy atom. The van der Waals surface area contributed by atoms with Crippen LogP contribution < -0.4 is 4.74 Å². The van der Waals surface area contributed by atoms with Gasteiger partial charge in [-0.25, -0.2) is 0 Å². The molecule has 0 aromatic heterocycles. The van der Waals surface area contributed by atoms with Gasteiger partial charge in [0.15, 0.2) is 5.60 Å². The van der Waals surface area contributed by atoms with Crippen molar-refractivity contribution >= 4 is 11.1 Å². The van der Waals surface area contributed by atoms with Crippen LogP contribution in [0.1, 0.15) is 63.9 Å². The number of rotatable bonds is 5. The van der Waals surface area contributed by atoms with E-state index in [1.165, 1.54) is 66.8 Å². The van der Waals surface area contributed by atoms with Gasteiger partial charge in [-0.3, -0.25) is 0 Å². The molecule has 0 amide bonds. The summed E-state index contributed by atoms with van der Waals surface area (Å²) >= 11 is 0. The van der Waals surface area contributed by atoms with Gasteiger partial charge in [-0.2, -0.15) is 0 Å². The number of hydrogen-bond acceptors (Lipinski definition) is 2. The van der Waals surface area contributed by atoms with E-state index in [0.29, 0.717) is 0 Å². The minimum atomic E-state index is -0.728. The van der Waals surface area contributed by atoms with Crippen molar-refractivity contribution in [2.75, 3.05) is 7.11 Å². The van der Waals surface area contributed by atoms with Crippen LogP contribution in [0.4, 0.5) is 0 Å². The summed E-state index contributed by atoms with van der Waals surface area (Å²) in [6.07, 6.45) is 5.66. The molecule has 0 N–H and O–H groups in total. The van der Waals surface area contributed by atoms with Gasteiger partial charge in [-0.15, -0.1) is 0 Å². The number of allylic oxidation sites excluding steroid dienone is 1. The van der Waals surface area contributed by atoms with Gasteiger partial charge >= 0.3 is 0 Å². The third-order valence-corrected chi connectivity index (χ3v) is 11.0. The monoisotopic (exact) mass is 634 g/mol. The molecule has 0 fully saturated rings. The van der Waals surface area contributed by atoms with E-state index in [0.717, 1.165) is 28.9 Å². The molecular formula is C47H38O2. The highest BCUT2D eigenvalue weighted by atomic mass is 16.5. The number of aryl methyl sites for hydroxylation is 2. The van der Waals surface area contributed by atoms with E-state index in [4.69, 9.17) is 9.47 Å². The van der Waals surface area contributed by atoms with Crippen LogP contribution in [0, 0.1) is 6.92 Å². The third-order valence-electron chi connectivity index (χ3n) is 11.0. The van der Waals surface area contributed by atoms with Crippen molar-refractivity contribution in [2.24, 2.45) is 0 Å². The molecule has 0 radical (unpaired) electrons. The lowest BCUT2D eigenvalue weighted by Gasteiger charge is -2.36. The molecule has 0 saturated carbocycles. The number of ether oxygens (including phenoxy) is 2. The molecule has 1 heterocycles. The predicted octanol–water partition coefficient (Wildman–Crippen LogP) is 11.3. The van der Waals surface area contributed by atoms with Gasteiger partial charge < -0.3 is 9.47 Å². The maximum atomic E-state index is 7.22. The van der Waals surface area contributed by atoms with E-state index in [9.17, 15) is 0 Å². The second kappa shape index (κ2) is 11.1. The highest BCUT2D eigenvalue weighted by Crippen LogP contribution is 2.56. The van der Waals surface area contributed by atoms with Crippen LogP contribution >= 0.6 is 0 Å². The Morgan fingerprint density at radius 3 is 1.78 bits per heavy atom. The molecule has 9 rings (SSSR count). The zero-order valence-corrected chi connectivity index (χ0v) is 28.4. The summed E-state index contributed by atoms with van der Waals surface area (Å²) < 4.78 is 13.7. The topological polar surface area (TPSA) is 18.5 Å². The SMILES string of the molecule is CCc1cc2c(cc1C)OC1(C=C2c2cccc(/C(C)=C/C3(OC)c4ccccc4-c4ccccc43)c2)c2ccccc2-c2ccccc21. The first-order valence-corrected chi connectivity index (χ1v) is 17.3. The molecule has 0 unspecified atom stereocenters. The van der Waals surface area contributed by atoms with Gasteiger partial charge in [-0.1, -0.05) is 122 Å². The summed E-state index contributed by atoms with van der Waals surface area (Å²) in [6.45, 7) is 6.63. The highest BCUT2D eigenvalue weighted by molar-refractivity contribution is 5.91. The van der Waals surface area contributed by atoms with Gasteiger partial charge in [0.05, 0.1) is 0 Å². The summed E-state index contributed by atoms with van der Waals surface area (Å²) in [5, 5.41) is 0. The van der Waals surface area contributed by atoms with E-state index < -0.39 is 11.2 Å². The number of benzene rings is 6. The first-order valence-electron chi connectivity index (χ1n) is 17.3. The van der Waals surface area contributed by atoms with Crippen LogP contribution in [0.2, 0.25) is 0 Å². The van der Waals surface area contributed by atoms with E-state index >= 15 is 0 Å². The number of methoxy groups -OCH3 is 1. The minimum Gasteiger partial charge on any atom is -0.473 e. The molecule has 1 aliphatic heterocycles. The molecule has 1 spiro atoms. The number of hydrogen-bond donors (Lipinski definition) is 0. The van der Waals surface area contributed by atoms with Gasteiger partial charge in [0, 0.05) is 34.9 Å². The maximum Gasteiger partial charge on any atom is 0.179 e. The average Bonchev–Trinajstić information content (AvgIpc) is 3.58. The fourth-order valence-corrected chi connectivity index (χ4v) is 8.60. The van der Waals surface area contributed by atoms with Crippen LogP contribution in [0.15, 0.2) is 146 Å². The molecule has 49 heavy (non-hydrogen) atoms. The maximum absolute atomic E-state index is 7.22. The van der Waals surface area contributed by atoms with Gasteiger partial charge in [0.1, 0.15) is 11.4 Å². The second-order valence-electron chi connectivity index (χ2n) is 13.6. The van der Waals surface area contributed by atoms with Crippen molar-refractivity contribution in [1.29, 1.82) is 0 Å². The summed E-state index contributed by atoms with van der Waals surface area (Å²) in [6, 6.07) is 48.2. The smallest absolute Gasteiger partial charge is 0.179 e. The Hall–Kier alpha value is -5.44. The van der Waals surface area contributed by atoms with Crippen LogP contribution in [0.3, 0.4) is 0 Å². The normalized spacial score (nSPS) is 15.8. The lowest BCUT2D eigenvalue weighted by atomic mass is 9.81. The van der Waals surface area contributed by atoms with E-state index in [2.05, 4.69) is 166 Å². The minimum absolute atomic E-state index is 0.674. The van der Waals surface area contributed by atoms with Crippen LogP contribution in [0.25, 0.3) is 33.4 Å². The van der Waals surface area contributed by atoms with E-state index in [1.807, 2.05) is 7.11 Å². The molecule has 6 aromatic carbocycles. The van der Waals surface area contributed by atoms with Crippen LogP contribution in [-0.2, 0) is 22.4 Å². The second-order valence-corrected chi connectivity index (χ2v) is 13.6. The van der Waals surface area contributed by atoms with Gasteiger partial charge in [0.2, 0.25) is 0 Å². The van der Waals surface area contributed by atoms with Gasteiger partial charge in [0.25, 0.3) is 0 Å². The summed E-state index contributed by atoms with van der Waals surface area (Å²) in [5.41, 5.74) is 16.7. The lowest BCUT2D eigenvalue weighted by Crippen LogP contribution is -2.33. The highest BCUT2D eigenvalue weighted by Gasteiger charge is 2.47. The van der Waals surface area contributed by atoms with Crippen molar-refractivity contribution in [3.05, 3.63) is 196 Å². The zero-order chi connectivity index (χ0) is 33.3. The van der Waals surface area contributed by atoms with Crippen molar-refractivity contribution < 1.29 is 9.47 Å². The fraction of sp³-hybridized carbons (Fsp3) is 0.149. The van der Waals surface area contributed by atoms with Crippen molar-refractivity contribution in [3.8, 4) is 28.0 Å². The van der Waals surface area contributed by atoms with Crippen molar-refractivity contribution in [3.63, 3.8) is 0 Å². The van der Waals surface area contributed by atoms with Crippen LogP contribution in [0.5, 0.6) is 5.75 Å². The van der Waals surface area contributed by atoms with Crippen molar-refractivity contribution in [2.45, 2.75) is 38.4 Å². The van der Waals surface area contributed by atoms with Gasteiger partial charge in [-0.05, 0) is 106 Å². The molecule has 6 aromatic rings. The van der Waals surface area contributed by atoms with Crippen molar-refractivity contribution in [1.82, 2.24) is 0 Å². The standard InChI is InChI=1S/C47H38O2/c1-5-32-27-39-40(29-47(49-45(39)25-30(32)2)43-23-12-8-19-37(43)38-20-9-13-24-44(38)47)34-16-14-15-33(26-34)31(3)28-46(48-4)41-21-10-6-17-35(41)36-18-7-11-22-42(36)46/h6-29H,5H2,1-4H3/b31-28+. The third kappa shape index (κ3) is 4.24. The Kier molecular flexibility index (Phi) is 6.69.